The minimum Gasteiger partial charge on any atom is -0.353 e. The van der Waals surface area contributed by atoms with E-state index in [0.717, 1.165) is 11.1 Å². The first-order valence-electron chi connectivity index (χ1n) is 8.08. The average Bonchev–Trinajstić information content (AvgIpc) is 3.14. The molecule has 0 radical (unpaired) electrons. The van der Waals surface area contributed by atoms with Gasteiger partial charge in [-0.05, 0) is 43.7 Å². The number of hydrogen-bond donors (Lipinski definition) is 1. The maximum Gasteiger partial charge on any atom is 0.263 e. The summed E-state index contributed by atoms with van der Waals surface area (Å²) in [4.78, 5) is 4.48. The van der Waals surface area contributed by atoms with Crippen molar-refractivity contribution >= 4 is 15.7 Å². The second-order valence-corrected chi connectivity index (χ2v) is 7.54. The number of nitrogens with zero attached hydrogens (tertiary/aromatic N) is 3. The largest absolute Gasteiger partial charge is 0.353 e. The van der Waals surface area contributed by atoms with Gasteiger partial charge in [0.15, 0.2) is 0 Å². The Balaban J connectivity index is 1.93. The van der Waals surface area contributed by atoms with Crippen LogP contribution in [0.25, 0.3) is 11.3 Å². The molecule has 0 unspecified atom stereocenters. The van der Waals surface area contributed by atoms with Crippen molar-refractivity contribution in [1.29, 1.82) is 5.26 Å². The molecule has 0 aliphatic carbocycles. The highest BCUT2D eigenvalue weighted by atomic mass is 32.2. The van der Waals surface area contributed by atoms with E-state index in [-0.39, 0.29) is 4.90 Å². The van der Waals surface area contributed by atoms with Crippen LogP contribution in [-0.4, -0.2) is 18.0 Å². The summed E-state index contributed by atoms with van der Waals surface area (Å²) in [5, 5.41) is 8.87. The van der Waals surface area contributed by atoms with Crippen LogP contribution < -0.4 is 4.72 Å². The van der Waals surface area contributed by atoms with Crippen molar-refractivity contribution in [3.63, 3.8) is 0 Å². The minimum atomic E-state index is -3.67. The van der Waals surface area contributed by atoms with Gasteiger partial charge in [-0.2, -0.15) is 5.26 Å². The predicted molar refractivity (Wildman–Crippen MR) is 100 cm³/mol. The molecular weight excluding hydrogens is 348 g/mol. The SMILES string of the molecule is CCn1ccc(S(=O)(=O)Nc2cc(-c3ccc(C#N)cn3)ccc2C)c1. The lowest BCUT2D eigenvalue weighted by Gasteiger charge is -2.11. The molecule has 0 amide bonds. The normalized spacial score (nSPS) is 11.1. The van der Waals surface area contributed by atoms with Gasteiger partial charge in [0.1, 0.15) is 11.0 Å². The topological polar surface area (TPSA) is 87.8 Å². The van der Waals surface area contributed by atoms with Gasteiger partial charge in [-0.25, -0.2) is 8.42 Å². The summed E-state index contributed by atoms with van der Waals surface area (Å²) < 4.78 is 29.7. The summed E-state index contributed by atoms with van der Waals surface area (Å²) in [5.41, 5.74) is 3.21. The zero-order valence-electron chi connectivity index (χ0n) is 14.5. The number of rotatable bonds is 5. The van der Waals surface area contributed by atoms with Crippen molar-refractivity contribution < 1.29 is 8.42 Å². The van der Waals surface area contributed by atoms with Crippen molar-refractivity contribution in [1.82, 2.24) is 9.55 Å². The third-order valence-electron chi connectivity index (χ3n) is 4.07. The zero-order chi connectivity index (χ0) is 18.7. The van der Waals surface area contributed by atoms with Gasteiger partial charge < -0.3 is 4.57 Å². The summed E-state index contributed by atoms with van der Waals surface area (Å²) in [6, 6.07) is 12.5. The van der Waals surface area contributed by atoms with Crippen molar-refractivity contribution in [2.75, 3.05) is 4.72 Å². The summed E-state index contributed by atoms with van der Waals surface area (Å²) >= 11 is 0. The Hall–Kier alpha value is -3.11. The van der Waals surface area contributed by atoms with Crippen LogP contribution in [0.3, 0.4) is 0 Å². The molecule has 2 aromatic heterocycles. The number of benzene rings is 1. The number of nitriles is 1. The van der Waals surface area contributed by atoms with Gasteiger partial charge in [-0.15, -0.1) is 0 Å². The highest BCUT2D eigenvalue weighted by Crippen LogP contribution is 2.26. The third kappa shape index (κ3) is 3.60. The van der Waals surface area contributed by atoms with Crippen LogP contribution >= 0.6 is 0 Å². The van der Waals surface area contributed by atoms with Crippen LogP contribution in [0.5, 0.6) is 0 Å². The minimum absolute atomic E-state index is 0.223. The fourth-order valence-corrected chi connectivity index (χ4v) is 3.64. The Morgan fingerprint density at radius 2 is 2.04 bits per heavy atom. The monoisotopic (exact) mass is 366 g/mol. The zero-order valence-corrected chi connectivity index (χ0v) is 15.3. The molecule has 3 aromatic rings. The van der Waals surface area contributed by atoms with E-state index in [2.05, 4.69) is 9.71 Å². The molecule has 26 heavy (non-hydrogen) atoms. The smallest absolute Gasteiger partial charge is 0.263 e. The Kier molecular flexibility index (Phi) is 4.78. The van der Waals surface area contributed by atoms with Crippen LogP contribution in [0.1, 0.15) is 18.1 Å². The summed E-state index contributed by atoms with van der Waals surface area (Å²) in [6.45, 7) is 4.49. The summed E-state index contributed by atoms with van der Waals surface area (Å²) in [6.07, 6.45) is 4.83. The number of aryl methyl sites for hydroxylation is 2. The Bertz CT molecular complexity index is 1080. The van der Waals surface area contributed by atoms with E-state index in [1.165, 1.54) is 6.20 Å². The van der Waals surface area contributed by atoms with Crippen molar-refractivity contribution in [2.45, 2.75) is 25.3 Å². The van der Waals surface area contributed by atoms with Gasteiger partial charge in [0, 0.05) is 30.7 Å². The molecule has 3 rings (SSSR count). The number of sulfonamides is 1. The van der Waals surface area contributed by atoms with Crippen LogP contribution in [0.4, 0.5) is 5.69 Å². The van der Waals surface area contributed by atoms with Crippen LogP contribution in [-0.2, 0) is 16.6 Å². The van der Waals surface area contributed by atoms with Crippen molar-refractivity contribution in [2.24, 2.45) is 0 Å². The summed E-state index contributed by atoms with van der Waals surface area (Å²) in [7, 11) is -3.67. The quantitative estimate of drug-likeness (QED) is 0.748. The fraction of sp³-hybridized carbons (Fsp3) is 0.158. The lowest BCUT2D eigenvalue weighted by Crippen LogP contribution is -2.13. The number of pyridine rings is 1. The van der Waals surface area contributed by atoms with Crippen molar-refractivity contribution in [3.05, 3.63) is 66.1 Å². The molecule has 0 spiro atoms. The molecule has 1 aromatic carbocycles. The third-order valence-corrected chi connectivity index (χ3v) is 5.42. The Morgan fingerprint density at radius 3 is 2.65 bits per heavy atom. The molecule has 0 atom stereocenters. The van der Waals surface area contributed by atoms with E-state index in [4.69, 9.17) is 5.26 Å². The van der Waals surface area contributed by atoms with Crippen LogP contribution in [0, 0.1) is 18.3 Å². The summed E-state index contributed by atoms with van der Waals surface area (Å²) in [5.74, 6) is 0. The molecule has 0 saturated heterocycles. The predicted octanol–water partition coefficient (Wildman–Crippen LogP) is 3.55. The average molecular weight is 366 g/mol. The second kappa shape index (κ2) is 7.02. The first-order valence-corrected chi connectivity index (χ1v) is 9.57. The molecule has 1 N–H and O–H groups in total. The maximum absolute atomic E-state index is 12.6. The Labute approximate surface area is 152 Å². The number of nitrogens with one attached hydrogen (secondary N) is 1. The van der Waals surface area contributed by atoms with E-state index in [0.29, 0.717) is 23.5 Å². The molecule has 0 fully saturated rings. The van der Waals surface area contributed by atoms with Gasteiger partial charge in [-0.3, -0.25) is 9.71 Å². The van der Waals surface area contributed by atoms with Gasteiger partial charge in [0.2, 0.25) is 0 Å². The first-order chi connectivity index (χ1) is 12.4. The molecule has 132 valence electrons. The molecular formula is C19H18N4O2S. The molecule has 0 bridgehead atoms. The van der Waals surface area contributed by atoms with Crippen molar-refractivity contribution in [3.8, 4) is 17.3 Å². The highest BCUT2D eigenvalue weighted by Gasteiger charge is 2.17. The standard InChI is InChI=1S/C19H18N4O2S/c1-3-23-9-8-17(13-23)26(24,25)22-19-10-16(6-4-14(19)2)18-7-5-15(11-20)12-21-18/h4-10,12-13,22H,3H2,1-2H3. The molecule has 0 aliphatic heterocycles. The molecule has 6 nitrogen and oxygen atoms in total. The van der Waals surface area contributed by atoms with Gasteiger partial charge in [0.25, 0.3) is 10.0 Å². The van der Waals surface area contributed by atoms with E-state index in [1.54, 1.807) is 41.2 Å². The fourth-order valence-electron chi connectivity index (χ4n) is 2.50. The van der Waals surface area contributed by atoms with E-state index >= 15 is 0 Å². The molecule has 2 heterocycles. The van der Waals surface area contributed by atoms with Gasteiger partial charge in [0.05, 0.1) is 16.9 Å². The molecule has 0 aliphatic rings. The number of hydrogen-bond acceptors (Lipinski definition) is 4. The maximum atomic E-state index is 12.6. The first kappa shape index (κ1) is 17.7. The van der Waals surface area contributed by atoms with E-state index < -0.39 is 10.0 Å². The number of anilines is 1. The van der Waals surface area contributed by atoms with Gasteiger partial charge in [-0.1, -0.05) is 12.1 Å². The molecule has 0 saturated carbocycles. The van der Waals surface area contributed by atoms with Crippen LogP contribution in [0.15, 0.2) is 59.9 Å². The molecule has 7 heteroatoms. The van der Waals surface area contributed by atoms with E-state index in [1.807, 2.05) is 32.0 Å². The Morgan fingerprint density at radius 1 is 1.23 bits per heavy atom. The van der Waals surface area contributed by atoms with Crippen LogP contribution in [0.2, 0.25) is 0 Å². The second-order valence-electron chi connectivity index (χ2n) is 5.86. The lowest BCUT2D eigenvalue weighted by molar-refractivity contribution is 0.600. The van der Waals surface area contributed by atoms with Gasteiger partial charge >= 0.3 is 0 Å². The lowest BCUT2D eigenvalue weighted by atomic mass is 10.1. The highest BCUT2D eigenvalue weighted by molar-refractivity contribution is 7.92. The van der Waals surface area contributed by atoms with E-state index in [9.17, 15) is 8.42 Å². The number of aromatic nitrogens is 2.